The molecule has 0 saturated heterocycles. The molecule has 7 nitrogen and oxygen atoms in total. The van der Waals surface area contributed by atoms with E-state index in [2.05, 4.69) is 10.1 Å². The zero-order valence-corrected chi connectivity index (χ0v) is 15.9. The molecule has 2 heterocycles. The van der Waals surface area contributed by atoms with Crippen molar-refractivity contribution >= 4 is 17.2 Å². The number of carbonyl (C=O) groups is 1. The van der Waals surface area contributed by atoms with E-state index in [4.69, 9.17) is 10.5 Å². The van der Waals surface area contributed by atoms with E-state index in [9.17, 15) is 4.79 Å². The number of hydrogen-bond donors (Lipinski definition) is 1. The van der Waals surface area contributed by atoms with Crippen molar-refractivity contribution in [3.8, 4) is 5.13 Å². The second-order valence-corrected chi connectivity index (χ2v) is 8.16. The first-order chi connectivity index (χ1) is 11.8. The molecule has 0 bridgehead atoms. The van der Waals surface area contributed by atoms with Crippen molar-refractivity contribution in [1.82, 2.24) is 19.7 Å². The van der Waals surface area contributed by atoms with Gasteiger partial charge in [-0.3, -0.25) is 4.79 Å². The second kappa shape index (κ2) is 6.51. The summed E-state index contributed by atoms with van der Waals surface area (Å²) in [5, 5.41) is 4.95. The van der Waals surface area contributed by atoms with Gasteiger partial charge >= 0.3 is 0 Å². The van der Waals surface area contributed by atoms with Gasteiger partial charge in [-0.15, -0.1) is 0 Å². The summed E-state index contributed by atoms with van der Waals surface area (Å²) in [6, 6.07) is 1.85. The maximum absolute atomic E-state index is 13.0. The Morgan fingerprint density at radius 3 is 2.92 bits per heavy atom. The van der Waals surface area contributed by atoms with Crippen LogP contribution >= 0.6 is 11.3 Å². The lowest BCUT2D eigenvalue weighted by Gasteiger charge is -2.58. The Hall–Kier alpha value is -1.77. The van der Waals surface area contributed by atoms with Gasteiger partial charge < -0.3 is 15.4 Å². The van der Waals surface area contributed by atoms with E-state index in [0.717, 1.165) is 10.0 Å². The lowest BCUT2D eigenvalue weighted by molar-refractivity contribution is -0.178. The Bertz CT molecular complexity index is 742. The number of amides is 1. The van der Waals surface area contributed by atoms with E-state index >= 15 is 0 Å². The minimum atomic E-state index is -0.892. The van der Waals surface area contributed by atoms with Crippen molar-refractivity contribution in [3.05, 3.63) is 29.5 Å². The van der Waals surface area contributed by atoms with Crippen LogP contribution in [0.15, 0.2) is 24.7 Å². The molecule has 1 fully saturated rings. The summed E-state index contributed by atoms with van der Waals surface area (Å²) < 4.78 is 7.42. The Morgan fingerprint density at radius 1 is 1.56 bits per heavy atom. The zero-order chi connectivity index (χ0) is 18.2. The van der Waals surface area contributed by atoms with Crippen LogP contribution in [0.1, 0.15) is 32.1 Å². The van der Waals surface area contributed by atoms with Gasteiger partial charge in [-0.2, -0.15) is 5.10 Å². The largest absolute Gasteiger partial charge is 0.378 e. The molecule has 2 aromatic heterocycles. The van der Waals surface area contributed by atoms with E-state index in [1.165, 1.54) is 11.3 Å². The molecule has 0 spiro atoms. The molecule has 25 heavy (non-hydrogen) atoms. The Kier molecular flexibility index (Phi) is 4.70. The smallest absolute Gasteiger partial charge is 0.243 e. The van der Waals surface area contributed by atoms with Gasteiger partial charge in [-0.1, -0.05) is 25.2 Å². The van der Waals surface area contributed by atoms with Crippen molar-refractivity contribution in [2.75, 3.05) is 13.7 Å². The minimum absolute atomic E-state index is 0.0228. The summed E-state index contributed by atoms with van der Waals surface area (Å²) in [5.41, 5.74) is 5.21. The van der Waals surface area contributed by atoms with Gasteiger partial charge in [-0.05, 0) is 13.0 Å². The SMILES string of the molecule is CCOC1CC(N)(C(=O)N(C)Cc2cnc(-n3cccn3)s2)C1(C)C. The van der Waals surface area contributed by atoms with Crippen molar-refractivity contribution in [1.29, 1.82) is 0 Å². The van der Waals surface area contributed by atoms with Gasteiger partial charge in [-0.25, -0.2) is 9.67 Å². The maximum Gasteiger partial charge on any atom is 0.243 e. The molecule has 2 atom stereocenters. The maximum atomic E-state index is 13.0. The second-order valence-electron chi connectivity index (χ2n) is 7.06. The lowest BCUT2D eigenvalue weighted by Crippen LogP contribution is -2.75. The van der Waals surface area contributed by atoms with Crippen LogP contribution in [-0.4, -0.2) is 50.9 Å². The number of nitrogens with two attached hydrogens (primary N) is 1. The van der Waals surface area contributed by atoms with E-state index in [1.54, 1.807) is 29.0 Å². The average molecular weight is 363 g/mol. The zero-order valence-electron chi connectivity index (χ0n) is 15.1. The first-order valence-corrected chi connectivity index (χ1v) is 9.22. The Morgan fingerprint density at radius 2 is 2.32 bits per heavy atom. The topological polar surface area (TPSA) is 86.3 Å². The van der Waals surface area contributed by atoms with Gasteiger partial charge in [0.25, 0.3) is 0 Å². The van der Waals surface area contributed by atoms with Crippen LogP contribution in [-0.2, 0) is 16.1 Å². The Labute approximate surface area is 151 Å². The number of ether oxygens (including phenoxy) is 1. The highest BCUT2D eigenvalue weighted by Crippen LogP contribution is 2.50. The lowest BCUT2D eigenvalue weighted by atomic mass is 9.54. The van der Waals surface area contributed by atoms with Crippen LogP contribution in [0, 0.1) is 5.41 Å². The summed E-state index contributed by atoms with van der Waals surface area (Å²) in [4.78, 5) is 20.0. The third-order valence-corrected chi connectivity index (χ3v) is 6.16. The van der Waals surface area contributed by atoms with Crippen LogP contribution in [0.3, 0.4) is 0 Å². The molecule has 1 amide bonds. The molecule has 2 unspecified atom stereocenters. The first kappa shape index (κ1) is 18.0. The van der Waals surface area contributed by atoms with Crippen molar-refractivity contribution in [2.45, 2.75) is 45.4 Å². The van der Waals surface area contributed by atoms with Crippen LogP contribution in [0.4, 0.5) is 0 Å². The van der Waals surface area contributed by atoms with Crippen LogP contribution < -0.4 is 5.73 Å². The number of carbonyl (C=O) groups excluding carboxylic acids is 1. The highest BCUT2D eigenvalue weighted by atomic mass is 32.1. The molecular weight excluding hydrogens is 338 g/mol. The normalized spacial score (nSPS) is 24.8. The number of thiazole rings is 1. The van der Waals surface area contributed by atoms with Gasteiger partial charge in [0.15, 0.2) is 0 Å². The molecular formula is C17H25N5O2S. The molecule has 2 aromatic rings. The van der Waals surface area contributed by atoms with E-state index in [-0.39, 0.29) is 17.4 Å². The van der Waals surface area contributed by atoms with Gasteiger partial charge in [0.2, 0.25) is 11.0 Å². The molecule has 0 aliphatic heterocycles. The number of nitrogens with zero attached hydrogens (tertiary/aromatic N) is 4. The molecule has 1 saturated carbocycles. The highest BCUT2D eigenvalue weighted by molar-refractivity contribution is 7.14. The number of rotatable bonds is 6. The third kappa shape index (κ3) is 2.98. The van der Waals surface area contributed by atoms with E-state index in [0.29, 0.717) is 19.6 Å². The highest BCUT2D eigenvalue weighted by Gasteiger charge is 2.63. The van der Waals surface area contributed by atoms with Gasteiger partial charge in [0.05, 0.1) is 12.6 Å². The molecule has 3 rings (SSSR count). The average Bonchev–Trinajstić information content (AvgIpc) is 3.24. The van der Waals surface area contributed by atoms with Gasteiger partial charge in [0, 0.05) is 49.0 Å². The molecule has 136 valence electrons. The fraction of sp³-hybridized carbons (Fsp3) is 0.588. The van der Waals surface area contributed by atoms with Gasteiger partial charge in [0.1, 0.15) is 5.54 Å². The minimum Gasteiger partial charge on any atom is -0.378 e. The van der Waals surface area contributed by atoms with E-state index in [1.807, 2.05) is 33.0 Å². The molecule has 1 aliphatic carbocycles. The monoisotopic (exact) mass is 363 g/mol. The third-order valence-electron chi connectivity index (χ3n) is 5.19. The number of likely N-dealkylation sites (N-methyl/N-ethyl adjacent to an activating group) is 1. The van der Waals surface area contributed by atoms with Crippen LogP contribution in [0.2, 0.25) is 0 Å². The fourth-order valence-electron chi connectivity index (χ4n) is 3.30. The van der Waals surface area contributed by atoms with Crippen molar-refractivity contribution in [3.63, 3.8) is 0 Å². The molecule has 0 radical (unpaired) electrons. The summed E-state index contributed by atoms with van der Waals surface area (Å²) >= 11 is 1.51. The quantitative estimate of drug-likeness (QED) is 0.846. The van der Waals surface area contributed by atoms with E-state index < -0.39 is 5.54 Å². The summed E-state index contributed by atoms with van der Waals surface area (Å²) in [5.74, 6) is -0.0532. The van der Waals surface area contributed by atoms with Crippen LogP contribution in [0.25, 0.3) is 5.13 Å². The summed E-state index contributed by atoms with van der Waals surface area (Å²) in [6.45, 7) is 7.08. The fourth-order valence-corrected chi connectivity index (χ4v) is 4.21. The number of hydrogen-bond acceptors (Lipinski definition) is 6. The summed E-state index contributed by atoms with van der Waals surface area (Å²) in [7, 11) is 1.79. The molecule has 0 aromatic carbocycles. The Balaban J connectivity index is 1.67. The first-order valence-electron chi connectivity index (χ1n) is 8.40. The van der Waals surface area contributed by atoms with Crippen molar-refractivity contribution in [2.24, 2.45) is 11.1 Å². The molecule has 1 aliphatic rings. The van der Waals surface area contributed by atoms with Crippen molar-refractivity contribution < 1.29 is 9.53 Å². The van der Waals surface area contributed by atoms with Crippen LogP contribution in [0.5, 0.6) is 0 Å². The standard InChI is InChI=1S/C17H25N5O2S/c1-5-24-13-9-17(18,16(13,2)3)14(23)21(4)11-12-10-19-15(25-12)22-8-6-7-20-22/h6-8,10,13H,5,9,11,18H2,1-4H3. The molecule has 8 heteroatoms. The molecule has 2 N–H and O–H groups in total. The predicted octanol–water partition coefficient (Wildman–Crippen LogP) is 1.82. The summed E-state index contributed by atoms with van der Waals surface area (Å²) in [6.07, 6.45) is 5.91. The predicted molar refractivity (Wildman–Crippen MR) is 96.4 cm³/mol. The number of aromatic nitrogens is 3.